The fourth-order valence-corrected chi connectivity index (χ4v) is 4.55. The first-order valence-electron chi connectivity index (χ1n) is 10.7. The highest BCUT2D eigenvalue weighted by Gasteiger charge is 2.24. The first-order valence-corrected chi connectivity index (χ1v) is 10.7. The van der Waals surface area contributed by atoms with Crippen molar-refractivity contribution in [2.75, 3.05) is 23.3 Å². The Morgan fingerprint density at radius 3 is 2.90 bits per heavy atom. The highest BCUT2D eigenvalue weighted by atomic mass is 15.2. The van der Waals surface area contributed by atoms with Gasteiger partial charge in [0.1, 0.15) is 17.8 Å². The molecular formula is C24H23N7. The number of aromatic amines is 2. The average molecular weight is 409 g/mol. The molecule has 3 N–H and O–H groups in total. The van der Waals surface area contributed by atoms with Crippen LogP contribution in [0.15, 0.2) is 67.1 Å². The molecule has 1 saturated heterocycles. The van der Waals surface area contributed by atoms with Crippen molar-refractivity contribution in [1.82, 2.24) is 24.9 Å². The molecule has 2 aromatic carbocycles. The fraction of sp³-hybridized carbons (Fsp3) is 0.208. The van der Waals surface area contributed by atoms with Crippen LogP contribution < -0.4 is 10.2 Å². The number of hydrogen-bond acceptors (Lipinski definition) is 5. The van der Waals surface area contributed by atoms with Crippen LogP contribution in [0.1, 0.15) is 24.3 Å². The van der Waals surface area contributed by atoms with Crippen LogP contribution in [0.25, 0.3) is 22.1 Å². The normalized spacial score (nSPS) is 16.8. The van der Waals surface area contributed by atoms with Gasteiger partial charge in [-0.2, -0.15) is 0 Å². The third-order valence-electron chi connectivity index (χ3n) is 6.07. The maximum absolute atomic E-state index is 4.69. The monoisotopic (exact) mass is 409 g/mol. The van der Waals surface area contributed by atoms with Gasteiger partial charge < -0.3 is 20.2 Å². The zero-order chi connectivity index (χ0) is 20.6. The Bertz CT molecular complexity index is 1340. The Labute approximate surface area is 179 Å². The van der Waals surface area contributed by atoms with Gasteiger partial charge in [0.25, 0.3) is 0 Å². The van der Waals surface area contributed by atoms with E-state index in [1.165, 1.54) is 12.0 Å². The van der Waals surface area contributed by atoms with Crippen molar-refractivity contribution in [1.29, 1.82) is 0 Å². The molecule has 0 saturated carbocycles. The average Bonchev–Trinajstić information content (AvgIpc) is 3.45. The second kappa shape index (κ2) is 7.43. The number of rotatable bonds is 4. The molecule has 154 valence electrons. The van der Waals surface area contributed by atoms with E-state index in [2.05, 4.69) is 59.4 Å². The van der Waals surface area contributed by atoms with E-state index >= 15 is 0 Å². The number of hydrogen-bond donors (Lipinski definition) is 3. The van der Waals surface area contributed by atoms with E-state index in [4.69, 9.17) is 0 Å². The number of imidazole rings is 1. The Balaban J connectivity index is 1.26. The highest BCUT2D eigenvalue weighted by molar-refractivity contribution is 5.87. The Morgan fingerprint density at radius 1 is 1.03 bits per heavy atom. The molecular weight excluding hydrogens is 386 g/mol. The van der Waals surface area contributed by atoms with Gasteiger partial charge in [0.2, 0.25) is 5.95 Å². The Hall–Kier alpha value is -3.87. The summed E-state index contributed by atoms with van der Waals surface area (Å²) in [6, 6.07) is 18.7. The van der Waals surface area contributed by atoms with Gasteiger partial charge >= 0.3 is 0 Å². The smallest absolute Gasteiger partial charge is 0.205 e. The first-order chi connectivity index (χ1) is 15.3. The maximum atomic E-state index is 4.69. The summed E-state index contributed by atoms with van der Waals surface area (Å²) in [5.74, 6) is 2.24. The SMILES string of the molecule is c1ccc(Nc2nc3ccc(C4CCCN(c5ncnc6[nH]ccc56)C4)cc3[nH]2)cc1. The molecule has 0 spiro atoms. The minimum atomic E-state index is 0.455. The fourth-order valence-electron chi connectivity index (χ4n) is 4.55. The zero-order valence-electron chi connectivity index (χ0n) is 17.0. The lowest BCUT2D eigenvalue weighted by molar-refractivity contribution is 0.508. The largest absolute Gasteiger partial charge is 0.355 e. The van der Waals surface area contributed by atoms with Gasteiger partial charge in [0, 0.05) is 30.9 Å². The highest BCUT2D eigenvalue weighted by Crippen LogP contribution is 2.33. The molecule has 6 rings (SSSR count). The topological polar surface area (TPSA) is 85.5 Å². The molecule has 1 aliphatic heterocycles. The summed E-state index contributed by atoms with van der Waals surface area (Å²) in [7, 11) is 0. The van der Waals surface area contributed by atoms with Crippen LogP contribution in [0.3, 0.4) is 0 Å². The van der Waals surface area contributed by atoms with Gasteiger partial charge in [-0.05, 0) is 48.7 Å². The van der Waals surface area contributed by atoms with Crippen LogP contribution in [0, 0.1) is 0 Å². The van der Waals surface area contributed by atoms with Crippen molar-refractivity contribution in [3.05, 3.63) is 72.7 Å². The molecule has 7 heteroatoms. The molecule has 1 atom stereocenters. The van der Waals surface area contributed by atoms with Crippen LogP contribution in [-0.4, -0.2) is 38.0 Å². The predicted octanol–water partition coefficient (Wildman–Crippen LogP) is 4.96. The van der Waals surface area contributed by atoms with Crippen molar-refractivity contribution in [3.63, 3.8) is 0 Å². The number of para-hydroxylation sites is 1. The molecule has 5 aromatic rings. The van der Waals surface area contributed by atoms with Crippen molar-refractivity contribution < 1.29 is 0 Å². The third kappa shape index (κ3) is 3.38. The van der Waals surface area contributed by atoms with E-state index in [1.54, 1.807) is 6.33 Å². The van der Waals surface area contributed by atoms with E-state index in [-0.39, 0.29) is 0 Å². The standard InChI is InChI=1S/C24H23N7/c1-2-6-18(7-3-1)28-24-29-20-9-8-16(13-21(20)30-24)17-5-4-12-31(14-17)23-19-10-11-25-22(19)26-15-27-23/h1-3,6-11,13,15,17H,4-5,12,14H2,(H,25,26,27)(H2,28,29,30). The molecule has 7 nitrogen and oxygen atoms in total. The lowest BCUT2D eigenvalue weighted by atomic mass is 9.90. The molecule has 0 amide bonds. The van der Waals surface area contributed by atoms with Crippen LogP contribution >= 0.6 is 0 Å². The van der Waals surface area contributed by atoms with E-state index in [9.17, 15) is 0 Å². The lowest BCUT2D eigenvalue weighted by Crippen LogP contribution is -2.35. The molecule has 4 heterocycles. The van der Waals surface area contributed by atoms with Crippen LogP contribution in [0.4, 0.5) is 17.5 Å². The second-order valence-corrected chi connectivity index (χ2v) is 8.08. The predicted molar refractivity (Wildman–Crippen MR) is 124 cm³/mol. The third-order valence-corrected chi connectivity index (χ3v) is 6.07. The van der Waals surface area contributed by atoms with E-state index in [0.717, 1.165) is 59.0 Å². The first kappa shape index (κ1) is 17.9. The van der Waals surface area contributed by atoms with Crippen LogP contribution in [0.5, 0.6) is 0 Å². The molecule has 0 bridgehead atoms. The molecule has 31 heavy (non-hydrogen) atoms. The van der Waals surface area contributed by atoms with E-state index < -0.39 is 0 Å². The van der Waals surface area contributed by atoms with Gasteiger partial charge in [-0.15, -0.1) is 0 Å². The number of piperidine rings is 1. The van der Waals surface area contributed by atoms with E-state index in [0.29, 0.717) is 5.92 Å². The van der Waals surface area contributed by atoms with Crippen molar-refractivity contribution in [3.8, 4) is 0 Å². The van der Waals surface area contributed by atoms with E-state index in [1.807, 2.05) is 36.5 Å². The summed E-state index contributed by atoms with van der Waals surface area (Å²) < 4.78 is 0. The Morgan fingerprint density at radius 2 is 1.97 bits per heavy atom. The number of benzene rings is 2. The van der Waals surface area contributed by atoms with Crippen molar-refractivity contribution in [2.45, 2.75) is 18.8 Å². The summed E-state index contributed by atoms with van der Waals surface area (Å²) in [6.45, 7) is 1.97. The van der Waals surface area contributed by atoms with Gasteiger partial charge in [0.15, 0.2) is 0 Å². The van der Waals surface area contributed by atoms with Crippen LogP contribution in [0.2, 0.25) is 0 Å². The molecule has 1 fully saturated rings. The second-order valence-electron chi connectivity index (χ2n) is 8.08. The maximum Gasteiger partial charge on any atom is 0.205 e. The summed E-state index contributed by atoms with van der Waals surface area (Å²) in [5, 5.41) is 4.43. The molecule has 1 unspecified atom stereocenters. The number of fused-ring (bicyclic) bond motifs is 2. The number of nitrogens with zero attached hydrogens (tertiary/aromatic N) is 4. The molecule has 0 radical (unpaired) electrons. The lowest BCUT2D eigenvalue weighted by Gasteiger charge is -2.34. The van der Waals surface area contributed by atoms with Gasteiger partial charge in [-0.1, -0.05) is 24.3 Å². The zero-order valence-corrected chi connectivity index (χ0v) is 17.0. The summed E-state index contributed by atoms with van der Waals surface area (Å²) in [4.78, 5) is 22.6. The molecule has 3 aromatic heterocycles. The van der Waals surface area contributed by atoms with Crippen molar-refractivity contribution in [2.24, 2.45) is 0 Å². The number of H-pyrrole nitrogens is 2. The summed E-state index contributed by atoms with van der Waals surface area (Å²) >= 11 is 0. The van der Waals surface area contributed by atoms with Gasteiger partial charge in [0.05, 0.1) is 16.4 Å². The molecule has 0 aliphatic carbocycles. The van der Waals surface area contributed by atoms with Crippen LogP contribution in [-0.2, 0) is 0 Å². The number of anilines is 3. The van der Waals surface area contributed by atoms with Crippen molar-refractivity contribution >= 4 is 39.5 Å². The minimum Gasteiger partial charge on any atom is -0.355 e. The summed E-state index contributed by atoms with van der Waals surface area (Å²) in [6.07, 6.45) is 5.89. The molecule has 1 aliphatic rings. The summed E-state index contributed by atoms with van der Waals surface area (Å²) in [5.41, 5.74) is 5.28. The quantitative estimate of drug-likeness (QED) is 0.391. The van der Waals surface area contributed by atoms with Gasteiger partial charge in [-0.25, -0.2) is 15.0 Å². The van der Waals surface area contributed by atoms with Gasteiger partial charge in [-0.3, -0.25) is 0 Å². The number of nitrogens with one attached hydrogen (secondary N) is 3. The number of aromatic nitrogens is 5. The minimum absolute atomic E-state index is 0.455. The Kier molecular flexibility index (Phi) is 4.30.